The lowest BCUT2D eigenvalue weighted by atomic mass is 9.97. The zero-order valence-corrected chi connectivity index (χ0v) is 30.6. The van der Waals surface area contributed by atoms with Crippen LogP contribution in [-0.4, -0.2) is 0 Å². The summed E-state index contributed by atoms with van der Waals surface area (Å²) >= 11 is 1.86. The highest BCUT2D eigenvalue weighted by Gasteiger charge is 2.21. The van der Waals surface area contributed by atoms with E-state index in [-0.39, 0.29) is 0 Å². The molecule has 55 heavy (non-hydrogen) atoms. The van der Waals surface area contributed by atoms with Crippen molar-refractivity contribution in [2.45, 2.75) is 0 Å². The average Bonchev–Trinajstić information content (AvgIpc) is 3.82. The summed E-state index contributed by atoms with van der Waals surface area (Å²) in [6.07, 6.45) is 0. The van der Waals surface area contributed by atoms with Crippen LogP contribution in [-0.2, 0) is 0 Å². The minimum Gasteiger partial charge on any atom is -0.455 e. The number of rotatable bonds is 6. The first-order chi connectivity index (χ1) is 27.3. The molecular formula is C52H33NOS. The van der Waals surface area contributed by atoms with Gasteiger partial charge in [0.1, 0.15) is 11.2 Å². The number of hydrogen-bond donors (Lipinski definition) is 0. The quantitative estimate of drug-likeness (QED) is 0.170. The van der Waals surface area contributed by atoms with Crippen molar-refractivity contribution < 1.29 is 4.42 Å². The maximum Gasteiger partial charge on any atom is 0.143 e. The highest BCUT2D eigenvalue weighted by molar-refractivity contribution is 7.25. The molecule has 2 nitrogen and oxygen atoms in total. The SMILES string of the molecule is c1cc(-c2ccc3c(c2)sc2ccccc23)cc(N(c2ccc(-c3cccc4ccccc34)cc2)c2ccccc2-c2cccc3c2oc2ccccc23)c1. The Morgan fingerprint density at radius 2 is 1.00 bits per heavy atom. The van der Waals surface area contributed by atoms with Crippen LogP contribution < -0.4 is 4.90 Å². The first-order valence-corrected chi connectivity index (χ1v) is 19.5. The van der Waals surface area contributed by atoms with Crippen LogP contribution >= 0.6 is 11.3 Å². The largest absolute Gasteiger partial charge is 0.455 e. The number of anilines is 3. The van der Waals surface area contributed by atoms with Crippen LogP contribution in [0.1, 0.15) is 0 Å². The van der Waals surface area contributed by atoms with E-state index < -0.39 is 0 Å². The number of nitrogens with zero attached hydrogens (tertiary/aromatic N) is 1. The van der Waals surface area contributed by atoms with E-state index in [0.717, 1.165) is 50.1 Å². The molecule has 0 aliphatic heterocycles. The summed E-state index contributed by atoms with van der Waals surface area (Å²) in [6.45, 7) is 0. The third-order valence-electron chi connectivity index (χ3n) is 10.9. The minimum atomic E-state index is 0.895. The number of fused-ring (bicyclic) bond motifs is 7. The molecule has 3 heteroatoms. The van der Waals surface area contributed by atoms with Gasteiger partial charge in [0.25, 0.3) is 0 Å². The molecule has 258 valence electrons. The molecule has 0 unspecified atom stereocenters. The van der Waals surface area contributed by atoms with Crippen LogP contribution in [0.3, 0.4) is 0 Å². The fourth-order valence-electron chi connectivity index (χ4n) is 8.28. The topological polar surface area (TPSA) is 16.4 Å². The van der Waals surface area contributed by atoms with Crippen molar-refractivity contribution in [3.8, 4) is 33.4 Å². The lowest BCUT2D eigenvalue weighted by Crippen LogP contribution is -2.11. The fraction of sp³-hybridized carbons (Fsp3) is 0. The molecule has 2 heterocycles. The molecule has 0 aliphatic rings. The predicted molar refractivity (Wildman–Crippen MR) is 235 cm³/mol. The Morgan fingerprint density at radius 1 is 0.364 bits per heavy atom. The van der Waals surface area contributed by atoms with E-state index in [0.29, 0.717) is 0 Å². The smallest absolute Gasteiger partial charge is 0.143 e. The third-order valence-corrected chi connectivity index (χ3v) is 12.0. The summed E-state index contributed by atoms with van der Waals surface area (Å²) in [5.74, 6) is 0. The second kappa shape index (κ2) is 12.9. The van der Waals surface area contributed by atoms with Crippen LogP contribution in [0.5, 0.6) is 0 Å². The number of benzene rings is 9. The summed E-state index contributed by atoms with van der Waals surface area (Å²) in [7, 11) is 0. The Balaban J connectivity index is 1.09. The van der Waals surface area contributed by atoms with Gasteiger partial charge in [0.2, 0.25) is 0 Å². The van der Waals surface area contributed by atoms with Crippen molar-refractivity contribution in [1.29, 1.82) is 0 Å². The molecule has 11 aromatic rings. The second-order valence-electron chi connectivity index (χ2n) is 14.1. The molecule has 9 aromatic carbocycles. The van der Waals surface area contributed by atoms with Crippen molar-refractivity contribution in [3.05, 3.63) is 200 Å². The summed E-state index contributed by atoms with van der Waals surface area (Å²) in [4.78, 5) is 2.39. The predicted octanol–water partition coefficient (Wildman–Crippen LogP) is 15.6. The molecule has 0 saturated heterocycles. The average molecular weight is 720 g/mol. The second-order valence-corrected chi connectivity index (χ2v) is 15.1. The summed E-state index contributed by atoms with van der Waals surface area (Å²) < 4.78 is 9.22. The lowest BCUT2D eigenvalue weighted by Gasteiger charge is -2.28. The van der Waals surface area contributed by atoms with Gasteiger partial charge in [0.15, 0.2) is 0 Å². The maximum absolute atomic E-state index is 6.60. The van der Waals surface area contributed by atoms with Gasteiger partial charge in [-0.15, -0.1) is 11.3 Å². The summed E-state index contributed by atoms with van der Waals surface area (Å²) in [5.41, 5.74) is 12.0. The fourth-order valence-corrected chi connectivity index (χ4v) is 9.43. The Labute approximate surface area is 322 Å². The molecule has 0 radical (unpaired) electrons. The van der Waals surface area contributed by atoms with Gasteiger partial charge >= 0.3 is 0 Å². The molecule has 0 aliphatic carbocycles. The summed E-state index contributed by atoms with van der Waals surface area (Å²) in [5, 5.41) is 7.36. The zero-order valence-electron chi connectivity index (χ0n) is 29.8. The Bertz CT molecular complexity index is 3220. The molecule has 0 amide bonds. The van der Waals surface area contributed by atoms with Gasteiger partial charge in [-0.05, 0) is 81.6 Å². The molecule has 11 rings (SSSR count). The van der Waals surface area contributed by atoms with E-state index in [4.69, 9.17) is 4.42 Å². The zero-order chi connectivity index (χ0) is 36.3. The first kappa shape index (κ1) is 31.6. The van der Waals surface area contributed by atoms with Crippen LogP contribution in [0.2, 0.25) is 0 Å². The molecule has 0 fully saturated rings. The molecule has 0 saturated carbocycles. The van der Waals surface area contributed by atoms with Crippen molar-refractivity contribution in [2.75, 3.05) is 4.90 Å². The number of para-hydroxylation sites is 3. The van der Waals surface area contributed by atoms with Gasteiger partial charge in [0, 0.05) is 53.4 Å². The van der Waals surface area contributed by atoms with Gasteiger partial charge in [-0.1, -0.05) is 152 Å². The van der Waals surface area contributed by atoms with Crippen molar-refractivity contribution >= 4 is 81.3 Å². The van der Waals surface area contributed by atoms with E-state index in [9.17, 15) is 0 Å². The lowest BCUT2D eigenvalue weighted by molar-refractivity contribution is 0.670. The van der Waals surface area contributed by atoms with Crippen molar-refractivity contribution in [3.63, 3.8) is 0 Å². The van der Waals surface area contributed by atoms with E-state index in [1.807, 2.05) is 17.4 Å². The molecule has 0 atom stereocenters. The highest BCUT2D eigenvalue weighted by Crippen LogP contribution is 2.46. The highest BCUT2D eigenvalue weighted by atomic mass is 32.1. The van der Waals surface area contributed by atoms with E-state index >= 15 is 0 Å². The number of hydrogen-bond acceptors (Lipinski definition) is 3. The molecule has 2 aromatic heterocycles. The van der Waals surface area contributed by atoms with Gasteiger partial charge in [-0.2, -0.15) is 0 Å². The van der Waals surface area contributed by atoms with Crippen LogP contribution in [0.25, 0.3) is 86.3 Å². The molecule has 0 spiro atoms. The van der Waals surface area contributed by atoms with E-state index in [1.54, 1.807) is 0 Å². The van der Waals surface area contributed by atoms with Gasteiger partial charge in [-0.3, -0.25) is 0 Å². The number of furan rings is 1. The van der Waals surface area contributed by atoms with Crippen LogP contribution in [0.15, 0.2) is 205 Å². The molecular weight excluding hydrogens is 687 g/mol. The number of thiophene rings is 1. The summed E-state index contributed by atoms with van der Waals surface area (Å²) in [6, 6.07) is 72.2. The first-order valence-electron chi connectivity index (χ1n) is 18.7. The normalized spacial score (nSPS) is 11.6. The Hall–Kier alpha value is -6.94. The van der Waals surface area contributed by atoms with Crippen LogP contribution in [0.4, 0.5) is 17.1 Å². The standard InChI is InChI=1S/C52H33NOS/c1-2-16-40-34(12-1)13-10-20-41(40)35-26-29-38(30-27-35)53(39-15-9-14-36(32-39)37-28-31-45-44-19-5-8-25-50(44)55-51(45)33-37)48-23-6-3-17-42(48)46-21-11-22-47-43-18-4-7-24-49(43)54-52(46)47/h1-33H. The van der Waals surface area contributed by atoms with Crippen LogP contribution in [0, 0.1) is 0 Å². The third kappa shape index (κ3) is 5.32. The van der Waals surface area contributed by atoms with E-state index in [1.165, 1.54) is 53.2 Å². The Kier molecular flexibility index (Phi) is 7.39. The molecule has 0 N–H and O–H groups in total. The maximum atomic E-state index is 6.60. The van der Waals surface area contributed by atoms with Gasteiger partial charge < -0.3 is 9.32 Å². The van der Waals surface area contributed by atoms with Crippen molar-refractivity contribution in [2.24, 2.45) is 0 Å². The minimum absolute atomic E-state index is 0.895. The monoisotopic (exact) mass is 719 g/mol. The van der Waals surface area contributed by atoms with Gasteiger partial charge in [0.05, 0.1) is 5.69 Å². The Morgan fingerprint density at radius 3 is 1.93 bits per heavy atom. The van der Waals surface area contributed by atoms with Gasteiger partial charge in [-0.25, -0.2) is 0 Å². The molecule has 0 bridgehead atoms. The van der Waals surface area contributed by atoms with Crippen molar-refractivity contribution in [1.82, 2.24) is 0 Å². The van der Waals surface area contributed by atoms with E-state index in [2.05, 4.69) is 199 Å².